The monoisotopic (exact) mass is 198 g/mol. The fraction of sp³-hybridized carbons (Fsp3) is 0.357. The highest BCUT2D eigenvalue weighted by Gasteiger charge is 2.39. The van der Waals surface area contributed by atoms with Gasteiger partial charge in [0, 0.05) is 11.5 Å². The number of hydrogen-bond acceptors (Lipinski definition) is 1. The molecule has 1 nitrogen and oxygen atoms in total. The molecule has 0 radical (unpaired) electrons. The third kappa shape index (κ3) is 1.43. The lowest BCUT2D eigenvalue weighted by molar-refractivity contribution is 0.0901. The summed E-state index contributed by atoms with van der Waals surface area (Å²) in [5.41, 5.74) is 0.878. The molecule has 0 spiro atoms. The Morgan fingerprint density at radius 3 is 2.47 bits per heavy atom. The molecule has 2 aliphatic rings. The quantitative estimate of drug-likeness (QED) is 0.527. The maximum absolute atomic E-state index is 12.2. The number of ketones is 1. The molecular formula is C14H14O. The third-order valence-corrected chi connectivity index (χ3v) is 3.67. The van der Waals surface area contributed by atoms with Crippen LogP contribution in [-0.4, -0.2) is 5.78 Å². The van der Waals surface area contributed by atoms with Crippen LogP contribution in [0.3, 0.4) is 0 Å². The summed E-state index contributed by atoms with van der Waals surface area (Å²) in [5.74, 6) is 1.78. The van der Waals surface area contributed by atoms with Gasteiger partial charge in [-0.3, -0.25) is 4.79 Å². The highest BCUT2D eigenvalue weighted by Crippen LogP contribution is 2.44. The van der Waals surface area contributed by atoms with E-state index >= 15 is 0 Å². The standard InChI is InChI=1S/C14H14O/c15-14(11-4-2-1-3-5-11)13-9-10-6-7-12(13)8-10/h1-7,10,12-13H,8-9H2/t10-,12+,13-/m0/s1. The summed E-state index contributed by atoms with van der Waals surface area (Å²) in [5, 5.41) is 0. The number of hydrogen-bond donors (Lipinski definition) is 0. The van der Waals surface area contributed by atoms with Gasteiger partial charge in [-0.1, -0.05) is 42.5 Å². The first kappa shape index (κ1) is 8.90. The molecule has 0 unspecified atom stereocenters. The second-order valence-electron chi connectivity index (χ2n) is 4.62. The van der Waals surface area contributed by atoms with E-state index in [1.54, 1.807) is 0 Å². The van der Waals surface area contributed by atoms with Crippen LogP contribution in [0, 0.1) is 17.8 Å². The van der Waals surface area contributed by atoms with Crippen molar-refractivity contribution in [3.8, 4) is 0 Å². The summed E-state index contributed by atoms with van der Waals surface area (Å²) in [4.78, 5) is 12.2. The highest BCUT2D eigenvalue weighted by molar-refractivity contribution is 5.98. The molecule has 1 saturated carbocycles. The summed E-state index contributed by atoms with van der Waals surface area (Å²) in [6, 6.07) is 9.69. The first-order valence-electron chi connectivity index (χ1n) is 5.62. The van der Waals surface area contributed by atoms with Crippen molar-refractivity contribution in [3.05, 3.63) is 48.0 Å². The minimum atomic E-state index is 0.252. The van der Waals surface area contributed by atoms with E-state index < -0.39 is 0 Å². The second-order valence-corrected chi connectivity index (χ2v) is 4.62. The molecule has 3 rings (SSSR count). The lowest BCUT2D eigenvalue weighted by Gasteiger charge is -2.16. The van der Waals surface area contributed by atoms with Crippen LogP contribution in [-0.2, 0) is 0 Å². The normalized spacial score (nSPS) is 32.1. The first-order valence-corrected chi connectivity index (χ1v) is 5.62. The van der Waals surface area contributed by atoms with Gasteiger partial charge in [-0.15, -0.1) is 0 Å². The van der Waals surface area contributed by atoms with E-state index in [-0.39, 0.29) is 5.92 Å². The summed E-state index contributed by atoms with van der Waals surface area (Å²) in [7, 11) is 0. The summed E-state index contributed by atoms with van der Waals surface area (Å²) in [6.07, 6.45) is 6.78. The van der Waals surface area contributed by atoms with Gasteiger partial charge >= 0.3 is 0 Å². The van der Waals surface area contributed by atoms with Gasteiger partial charge in [0.2, 0.25) is 0 Å². The minimum Gasteiger partial charge on any atom is -0.294 e. The van der Waals surface area contributed by atoms with Crippen LogP contribution in [0.15, 0.2) is 42.5 Å². The third-order valence-electron chi connectivity index (χ3n) is 3.67. The SMILES string of the molecule is O=C(c1ccccc1)[C@H]1C[C@H]2C=C[C@@H]1C2. The number of Topliss-reactive ketones (excluding diaryl/α,β-unsaturated/α-hetero) is 1. The van der Waals surface area contributed by atoms with Crippen LogP contribution in [0.25, 0.3) is 0 Å². The maximum Gasteiger partial charge on any atom is 0.166 e. The largest absolute Gasteiger partial charge is 0.294 e. The topological polar surface area (TPSA) is 17.1 Å². The van der Waals surface area contributed by atoms with Crippen LogP contribution in [0.2, 0.25) is 0 Å². The first-order chi connectivity index (χ1) is 7.34. The molecule has 0 heterocycles. The Hall–Kier alpha value is -1.37. The van der Waals surface area contributed by atoms with Gasteiger partial charge in [0.1, 0.15) is 0 Å². The Morgan fingerprint density at radius 2 is 1.87 bits per heavy atom. The summed E-state index contributed by atoms with van der Waals surface area (Å²) < 4.78 is 0. The van der Waals surface area contributed by atoms with E-state index in [2.05, 4.69) is 12.2 Å². The minimum absolute atomic E-state index is 0.252. The molecule has 76 valence electrons. The Bertz CT molecular complexity index is 405. The average molecular weight is 198 g/mol. The van der Waals surface area contributed by atoms with Crippen LogP contribution >= 0.6 is 0 Å². The van der Waals surface area contributed by atoms with Crippen molar-refractivity contribution in [1.82, 2.24) is 0 Å². The Kier molecular flexibility index (Phi) is 1.98. The van der Waals surface area contributed by atoms with Crippen molar-refractivity contribution >= 4 is 5.78 Å². The smallest absolute Gasteiger partial charge is 0.166 e. The molecule has 0 saturated heterocycles. The highest BCUT2D eigenvalue weighted by atomic mass is 16.1. The molecule has 1 aromatic rings. The predicted octanol–water partition coefficient (Wildman–Crippen LogP) is 3.08. The van der Waals surface area contributed by atoms with E-state index in [0.29, 0.717) is 17.6 Å². The number of allylic oxidation sites excluding steroid dienone is 2. The second kappa shape index (κ2) is 3.34. The van der Waals surface area contributed by atoms with Crippen molar-refractivity contribution in [2.75, 3.05) is 0 Å². The molecule has 0 N–H and O–H groups in total. The van der Waals surface area contributed by atoms with Crippen molar-refractivity contribution in [3.63, 3.8) is 0 Å². The van der Waals surface area contributed by atoms with Crippen molar-refractivity contribution in [2.45, 2.75) is 12.8 Å². The zero-order chi connectivity index (χ0) is 10.3. The predicted molar refractivity (Wildman–Crippen MR) is 59.6 cm³/mol. The molecule has 0 aliphatic heterocycles. The van der Waals surface area contributed by atoms with Gasteiger partial charge < -0.3 is 0 Å². The average Bonchev–Trinajstić information content (AvgIpc) is 2.91. The molecule has 2 bridgehead atoms. The number of rotatable bonds is 2. The summed E-state index contributed by atoms with van der Waals surface area (Å²) in [6.45, 7) is 0. The zero-order valence-electron chi connectivity index (χ0n) is 8.60. The molecule has 0 amide bonds. The Balaban J connectivity index is 1.85. The molecule has 1 aromatic carbocycles. The maximum atomic E-state index is 12.2. The Morgan fingerprint density at radius 1 is 1.07 bits per heavy atom. The van der Waals surface area contributed by atoms with E-state index in [1.165, 1.54) is 6.42 Å². The molecule has 2 aliphatic carbocycles. The number of fused-ring (bicyclic) bond motifs is 2. The fourth-order valence-electron chi connectivity index (χ4n) is 2.90. The molecule has 3 atom stereocenters. The van der Waals surface area contributed by atoms with Crippen LogP contribution in [0.1, 0.15) is 23.2 Å². The number of benzene rings is 1. The Labute approximate surface area is 89.8 Å². The van der Waals surface area contributed by atoms with Crippen LogP contribution in [0.5, 0.6) is 0 Å². The van der Waals surface area contributed by atoms with Crippen LogP contribution in [0.4, 0.5) is 0 Å². The van der Waals surface area contributed by atoms with Crippen LogP contribution < -0.4 is 0 Å². The van der Waals surface area contributed by atoms with E-state index in [9.17, 15) is 4.79 Å². The molecular weight excluding hydrogens is 184 g/mol. The lowest BCUT2D eigenvalue weighted by atomic mass is 9.86. The molecule has 1 heteroatoms. The van der Waals surface area contributed by atoms with Gasteiger partial charge in [-0.2, -0.15) is 0 Å². The fourth-order valence-corrected chi connectivity index (χ4v) is 2.90. The molecule has 1 fully saturated rings. The van der Waals surface area contributed by atoms with Crippen molar-refractivity contribution < 1.29 is 4.79 Å². The lowest BCUT2D eigenvalue weighted by Crippen LogP contribution is -2.18. The number of carbonyl (C=O) groups is 1. The van der Waals surface area contributed by atoms with Crippen molar-refractivity contribution in [2.24, 2.45) is 17.8 Å². The van der Waals surface area contributed by atoms with E-state index in [0.717, 1.165) is 12.0 Å². The zero-order valence-corrected chi connectivity index (χ0v) is 8.60. The van der Waals surface area contributed by atoms with E-state index in [4.69, 9.17) is 0 Å². The molecule has 15 heavy (non-hydrogen) atoms. The van der Waals surface area contributed by atoms with Gasteiger partial charge in [0.05, 0.1) is 0 Å². The van der Waals surface area contributed by atoms with Gasteiger partial charge in [0.15, 0.2) is 5.78 Å². The van der Waals surface area contributed by atoms with Gasteiger partial charge in [-0.05, 0) is 24.7 Å². The van der Waals surface area contributed by atoms with Crippen molar-refractivity contribution in [1.29, 1.82) is 0 Å². The molecule has 0 aromatic heterocycles. The van der Waals surface area contributed by atoms with Gasteiger partial charge in [-0.25, -0.2) is 0 Å². The number of carbonyl (C=O) groups excluding carboxylic acids is 1. The van der Waals surface area contributed by atoms with Gasteiger partial charge in [0.25, 0.3) is 0 Å². The summed E-state index contributed by atoms with van der Waals surface area (Å²) >= 11 is 0. The van der Waals surface area contributed by atoms with E-state index in [1.807, 2.05) is 30.3 Å².